The van der Waals surface area contributed by atoms with E-state index in [4.69, 9.17) is 0 Å². The van der Waals surface area contributed by atoms with Crippen LogP contribution in [0.25, 0.3) is 55.0 Å². The van der Waals surface area contributed by atoms with Crippen LogP contribution >= 0.6 is 0 Å². The molecular formula is C60H60N4O2Ti+. The van der Waals surface area contributed by atoms with E-state index < -0.39 is 0 Å². The molecule has 2 N–H and O–H groups in total. The molecule has 0 aliphatic heterocycles. The minimum atomic E-state index is 0. The van der Waals surface area contributed by atoms with Crippen LogP contribution < -0.4 is 0 Å². The fourth-order valence-electron chi connectivity index (χ4n) is 9.09. The van der Waals surface area contributed by atoms with Gasteiger partial charge in [0.05, 0.1) is 33.4 Å². The van der Waals surface area contributed by atoms with Crippen molar-refractivity contribution in [2.75, 3.05) is 26.2 Å². The van der Waals surface area contributed by atoms with E-state index in [0.29, 0.717) is 13.1 Å². The summed E-state index contributed by atoms with van der Waals surface area (Å²) in [6.45, 7) is 20.7. The Morgan fingerprint density at radius 1 is 0.418 bits per heavy atom. The molecule has 0 unspecified atom stereocenters. The number of rotatable bonds is 11. The van der Waals surface area contributed by atoms with Crippen LogP contribution in [0.4, 0.5) is 0 Å². The number of phenols is 2. The number of aryl methyl sites for hydroxylation is 2. The Morgan fingerprint density at radius 3 is 1.01 bits per heavy atom. The maximum Gasteiger partial charge on any atom is 3.00 e. The van der Waals surface area contributed by atoms with Gasteiger partial charge in [-0.2, -0.15) is 49.2 Å². The summed E-state index contributed by atoms with van der Waals surface area (Å²) >= 11 is 0. The second kappa shape index (κ2) is 22.2. The van der Waals surface area contributed by atoms with E-state index in [1.54, 1.807) is 0 Å². The molecule has 0 aliphatic carbocycles. The summed E-state index contributed by atoms with van der Waals surface area (Å²) in [7, 11) is 0. The van der Waals surface area contributed by atoms with Gasteiger partial charge < -0.3 is 24.2 Å². The number of nitrogens with zero attached hydrogens (tertiary/aromatic N) is 4. The van der Waals surface area contributed by atoms with Crippen molar-refractivity contribution in [3.63, 3.8) is 0 Å². The normalized spacial score (nSPS) is 11.1. The number of benzene rings is 8. The predicted octanol–water partition coefficient (Wildman–Crippen LogP) is 14.0. The van der Waals surface area contributed by atoms with Crippen molar-refractivity contribution in [3.8, 4) is 22.9 Å². The number of para-hydroxylation sites is 4. The fraction of sp³-hybridized carbons (Fsp3) is 0.167. The summed E-state index contributed by atoms with van der Waals surface area (Å²) in [5, 5.41) is 28.9. The molecule has 0 fully saturated rings. The molecule has 67 heavy (non-hydrogen) atoms. The molecule has 0 amide bonds. The van der Waals surface area contributed by atoms with Gasteiger partial charge >= 0.3 is 21.7 Å². The van der Waals surface area contributed by atoms with Gasteiger partial charge in [-0.25, -0.2) is 0 Å². The van der Waals surface area contributed by atoms with Gasteiger partial charge in [0.1, 0.15) is 11.5 Å². The summed E-state index contributed by atoms with van der Waals surface area (Å²) in [4.78, 5) is 4.79. The number of aromatic nitrogens is 2. The Morgan fingerprint density at radius 2 is 0.716 bits per heavy atom. The summed E-state index contributed by atoms with van der Waals surface area (Å²) in [6, 6.07) is 61.8. The van der Waals surface area contributed by atoms with Gasteiger partial charge in [0.2, 0.25) is 0 Å². The van der Waals surface area contributed by atoms with E-state index >= 15 is 0 Å². The smallest absolute Gasteiger partial charge is 0.505 e. The quantitative estimate of drug-likeness (QED) is 0.100. The van der Waals surface area contributed by atoms with Gasteiger partial charge in [0.15, 0.2) is 0 Å². The van der Waals surface area contributed by atoms with Gasteiger partial charge in [0.25, 0.3) is 0 Å². The third kappa shape index (κ3) is 10.8. The van der Waals surface area contributed by atoms with E-state index in [9.17, 15) is 10.2 Å². The first-order valence-electron chi connectivity index (χ1n) is 23.0. The van der Waals surface area contributed by atoms with E-state index in [2.05, 4.69) is 182 Å². The number of aromatic hydroxyl groups is 2. The zero-order valence-electron chi connectivity index (χ0n) is 39.2. The fourth-order valence-corrected chi connectivity index (χ4v) is 9.09. The second-order valence-electron chi connectivity index (χ2n) is 17.0. The first-order valence-corrected chi connectivity index (χ1v) is 23.0. The number of fused-ring (bicyclic) bond motifs is 6. The van der Waals surface area contributed by atoms with Crippen molar-refractivity contribution in [2.24, 2.45) is 0 Å². The first kappa shape index (κ1) is 48.3. The Labute approximate surface area is 411 Å². The molecular weight excluding hydrogens is 857 g/mol. The third-order valence-electron chi connectivity index (χ3n) is 12.4. The summed E-state index contributed by atoms with van der Waals surface area (Å²) in [6.07, 6.45) is 0. The minimum Gasteiger partial charge on any atom is -0.505 e. The maximum absolute atomic E-state index is 12.1. The molecule has 7 heteroatoms. The molecule has 0 bridgehead atoms. The van der Waals surface area contributed by atoms with Crippen LogP contribution in [-0.4, -0.2) is 55.3 Å². The number of likely N-dealkylation sites (N-methyl/N-ethyl adjacent to an activating group) is 1. The molecule has 0 saturated carbocycles. The molecule has 2 aromatic heterocycles. The van der Waals surface area contributed by atoms with Crippen molar-refractivity contribution >= 4 is 43.6 Å². The molecule has 10 aromatic rings. The molecule has 10 rings (SSSR count). The van der Waals surface area contributed by atoms with Crippen LogP contribution in [0, 0.1) is 27.7 Å². The number of phenolic OH excluding ortho intramolecular Hbond substituents is 2. The molecule has 2 heterocycles. The van der Waals surface area contributed by atoms with E-state index in [1.165, 1.54) is 0 Å². The topological polar surface area (TPSA) is 56.8 Å². The van der Waals surface area contributed by atoms with Crippen LogP contribution in [0.5, 0.6) is 11.5 Å². The number of hydrogen-bond acceptors (Lipinski definition) is 4. The van der Waals surface area contributed by atoms with E-state index in [0.717, 1.165) is 115 Å². The van der Waals surface area contributed by atoms with E-state index in [-0.39, 0.29) is 33.2 Å². The standard InChI is InChI=1S/C46H46N4O2.2C7H7.Ti/c1-5-47(6-2)23-24-48(29-33-25-31(3)27-43(45(33)51)49-39-19-11-7-15-35(39)36-16-8-12-20-40(36)49)30-34-26-32(4)28-44(46(34)52)50-41-21-13-9-17-37(41)38-18-10-14-22-42(38)50;2*1-7-5-3-2-4-6-7;/h7-22,25-28,51-52H,5-6,23-24,29-30H2,1-4H3;2*2-6H,1H2;/q;2*-1;+3. The van der Waals surface area contributed by atoms with Crippen molar-refractivity contribution in [1.82, 2.24) is 18.9 Å². The van der Waals surface area contributed by atoms with Gasteiger partial charge in [-0.1, -0.05) is 111 Å². The van der Waals surface area contributed by atoms with Gasteiger partial charge in [-0.3, -0.25) is 4.90 Å². The van der Waals surface area contributed by atoms with E-state index in [1.807, 2.05) is 60.7 Å². The zero-order valence-corrected chi connectivity index (χ0v) is 40.7. The maximum atomic E-state index is 12.1. The first-order chi connectivity index (χ1) is 32.1. The van der Waals surface area contributed by atoms with Crippen LogP contribution in [0.3, 0.4) is 0 Å². The van der Waals surface area contributed by atoms with Crippen LogP contribution in [0.15, 0.2) is 182 Å². The Kier molecular flexibility index (Phi) is 16.0. The van der Waals surface area contributed by atoms with Crippen molar-refractivity contribution in [3.05, 3.63) is 229 Å². The molecule has 0 atom stereocenters. The molecule has 6 nitrogen and oxygen atoms in total. The largest absolute Gasteiger partial charge is 3.00 e. The molecule has 1 radical (unpaired) electrons. The third-order valence-corrected chi connectivity index (χ3v) is 12.4. The van der Waals surface area contributed by atoms with Gasteiger partial charge in [0, 0.05) is 58.9 Å². The molecule has 0 aliphatic rings. The van der Waals surface area contributed by atoms with Crippen molar-refractivity contribution in [1.29, 1.82) is 0 Å². The minimum absolute atomic E-state index is 0. The van der Waals surface area contributed by atoms with Crippen LogP contribution in [-0.2, 0) is 34.8 Å². The average molecular weight is 917 g/mol. The number of hydrogen-bond donors (Lipinski definition) is 2. The molecule has 335 valence electrons. The van der Waals surface area contributed by atoms with Crippen molar-refractivity contribution in [2.45, 2.75) is 40.8 Å². The van der Waals surface area contributed by atoms with Gasteiger partial charge in [-0.05, 0) is 74.5 Å². The van der Waals surface area contributed by atoms with Crippen LogP contribution in [0.1, 0.15) is 47.2 Å². The van der Waals surface area contributed by atoms with Crippen LogP contribution in [0.2, 0.25) is 0 Å². The summed E-state index contributed by atoms with van der Waals surface area (Å²) in [5.74, 6) is 0.564. The summed E-state index contributed by atoms with van der Waals surface area (Å²) in [5.41, 5.74) is 11.9. The average Bonchev–Trinajstić information content (AvgIpc) is 3.85. The molecule has 8 aromatic carbocycles. The summed E-state index contributed by atoms with van der Waals surface area (Å²) < 4.78 is 4.39. The monoisotopic (exact) mass is 916 g/mol. The molecule has 0 saturated heterocycles. The zero-order chi connectivity index (χ0) is 46.2. The van der Waals surface area contributed by atoms with Crippen molar-refractivity contribution < 1.29 is 31.9 Å². The predicted molar refractivity (Wildman–Crippen MR) is 278 cm³/mol. The Balaban J connectivity index is 0.000000380. The molecule has 0 spiro atoms. The Bertz CT molecular complexity index is 2890. The Hall–Kier alpha value is -6.67. The van der Waals surface area contributed by atoms with Gasteiger partial charge in [-0.15, -0.1) is 24.3 Å². The SMILES string of the molecule is CCN(CC)CCN(Cc1cc(C)cc(-n2c3ccccc3c3ccccc32)c1O)Cc1cc(C)cc(-n2c3ccccc3c3ccccc32)c1O.[CH2-]c1ccccc1.[CH2-]c1ccccc1.[Ti+3]. The second-order valence-corrected chi connectivity index (χ2v) is 17.0.